The van der Waals surface area contributed by atoms with Crippen molar-refractivity contribution in [1.29, 1.82) is 0 Å². The van der Waals surface area contributed by atoms with Gasteiger partial charge in [-0.15, -0.1) is 0 Å². The minimum absolute atomic E-state index is 0.0261. The lowest BCUT2D eigenvalue weighted by atomic mass is 10.0. The number of phosphoric acid groups is 1. The molecule has 0 saturated carbocycles. The van der Waals surface area contributed by atoms with Crippen LogP contribution in [0.2, 0.25) is 0 Å². The number of carbonyl (C=O) groups is 2. The van der Waals surface area contributed by atoms with E-state index in [1.807, 2.05) is 0 Å². The van der Waals surface area contributed by atoms with Crippen molar-refractivity contribution < 1.29 is 42.7 Å². The van der Waals surface area contributed by atoms with E-state index >= 15 is 0 Å². The number of unbranched alkanes of at least 4 members (excludes halogenated alkanes) is 33. The molecule has 3 atom stereocenters. The first-order chi connectivity index (χ1) is 27.7. The number of phosphoric ester groups is 1. The van der Waals surface area contributed by atoms with Crippen LogP contribution in [0, 0.1) is 0 Å². The fourth-order valence-electron chi connectivity index (χ4n) is 7.14. The van der Waals surface area contributed by atoms with E-state index in [9.17, 15) is 19.0 Å². The molecule has 0 aromatic rings. The highest BCUT2D eigenvalue weighted by Crippen LogP contribution is 2.43. The van der Waals surface area contributed by atoms with E-state index in [0.29, 0.717) is 6.61 Å². The first-order valence-corrected chi connectivity index (χ1v) is 25.6. The smallest absolute Gasteiger partial charge is 0.472 e. The van der Waals surface area contributed by atoms with E-state index in [4.69, 9.17) is 29.4 Å². The molecule has 0 rings (SSSR count). The number of ether oxygens (including phenoxy) is 2. The van der Waals surface area contributed by atoms with Crippen LogP contribution >= 0.6 is 7.82 Å². The van der Waals surface area contributed by atoms with Crippen LogP contribution < -0.4 is 5.73 Å². The molecule has 0 radical (unpaired) electrons. The number of carboxylic acids is 1. The maximum Gasteiger partial charge on any atom is 0.472 e. The normalized spacial score (nSPS) is 13.8. The van der Waals surface area contributed by atoms with E-state index < -0.39 is 45.1 Å². The average molecular weight is 834 g/mol. The van der Waals surface area contributed by atoms with Gasteiger partial charge in [-0.1, -0.05) is 226 Å². The predicted octanol–water partition coefficient (Wildman–Crippen LogP) is 13.5. The van der Waals surface area contributed by atoms with Crippen LogP contribution in [0.15, 0.2) is 0 Å². The second kappa shape index (κ2) is 43.1. The quantitative estimate of drug-likeness (QED) is 0.0306. The average Bonchev–Trinajstić information content (AvgIpc) is 3.19. The highest BCUT2D eigenvalue weighted by atomic mass is 31.2. The zero-order chi connectivity index (χ0) is 41.9. The summed E-state index contributed by atoms with van der Waals surface area (Å²) in [4.78, 5) is 33.6. The first-order valence-electron chi connectivity index (χ1n) is 24.1. The van der Waals surface area contributed by atoms with Gasteiger partial charge in [-0.3, -0.25) is 18.6 Å². The molecular formula is C46H92NO9P. The van der Waals surface area contributed by atoms with E-state index in [1.54, 1.807) is 0 Å². The van der Waals surface area contributed by atoms with Crippen LogP contribution in [0.1, 0.15) is 245 Å². The lowest BCUT2D eigenvalue weighted by Crippen LogP contribution is -2.34. The molecule has 0 amide bonds. The number of hydrogen-bond acceptors (Lipinski definition) is 8. The molecular weight excluding hydrogens is 741 g/mol. The lowest BCUT2D eigenvalue weighted by molar-refractivity contribution is -0.154. The Morgan fingerprint density at radius 1 is 0.491 bits per heavy atom. The van der Waals surface area contributed by atoms with Gasteiger partial charge in [0.2, 0.25) is 0 Å². The van der Waals surface area contributed by atoms with Crippen molar-refractivity contribution in [1.82, 2.24) is 0 Å². The summed E-state index contributed by atoms with van der Waals surface area (Å²) in [6, 6.07) is -1.47. The minimum Gasteiger partial charge on any atom is -0.480 e. The molecule has 1 unspecified atom stereocenters. The van der Waals surface area contributed by atoms with Gasteiger partial charge in [-0.25, -0.2) is 4.57 Å². The van der Waals surface area contributed by atoms with Crippen molar-refractivity contribution in [3.05, 3.63) is 0 Å². The second-order valence-electron chi connectivity index (χ2n) is 16.6. The number of carboxylic acid groups (broad SMARTS) is 1. The van der Waals surface area contributed by atoms with Gasteiger partial charge < -0.3 is 25.2 Å². The van der Waals surface area contributed by atoms with Gasteiger partial charge >= 0.3 is 19.8 Å². The van der Waals surface area contributed by atoms with Crippen molar-refractivity contribution in [2.75, 3.05) is 26.4 Å². The monoisotopic (exact) mass is 834 g/mol. The lowest BCUT2D eigenvalue weighted by Gasteiger charge is -2.20. The zero-order valence-corrected chi connectivity index (χ0v) is 38.1. The molecule has 0 fully saturated rings. The summed E-state index contributed by atoms with van der Waals surface area (Å²) in [5.41, 5.74) is 5.37. The summed E-state index contributed by atoms with van der Waals surface area (Å²) >= 11 is 0. The van der Waals surface area contributed by atoms with E-state index in [0.717, 1.165) is 38.5 Å². The van der Waals surface area contributed by atoms with Crippen molar-refractivity contribution in [2.45, 2.75) is 257 Å². The fourth-order valence-corrected chi connectivity index (χ4v) is 7.91. The van der Waals surface area contributed by atoms with Gasteiger partial charge in [0.15, 0.2) is 0 Å². The van der Waals surface area contributed by atoms with Crippen LogP contribution in [0.5, 0.6) is 0 Å². The second-order valence-corrected chi connectivity index (χ2v) is 18.1. The minimum atomic E-state index is -4.61. The third-order valence-corrected chi connectivity index (χ3v) is 11.8. The molecule has 340 valence electrons. The van der Waals surface area contributed by atoms with Gasteiger partial charge in [-0.05, 0) is 12.8 Å². The van der Waals surface area contributed by atoms with Crippen LogP contribution in [0.3, 0.4) is 0 Å². The summed E-state index contributed by atoms with van der Waals surface area (Å²) in [6.45, 7) is 3.95. The summed E-state index contributed by atoms with van der Waals surface area (Å²) < 4.78 is 33.4. The topological polar surface area (TPSA) is 155 Å². The SMILES string of the molecule is CCCCCCCCCCCCCCCCCCCCCC(=O)O[C@H](COCCCCCCCCCCCCCCCCCC)COP(=O)(O)OC[C@H](N)C(=O)O. The predicted molar refractivity (Wildman–Crippen MR) is 236 cm³/mol. The summed E-state index contributed by atoms with van der Waals surface area (Å²) in [5, 5.41) is 8.91. The standard InChI is InChI=1S/C46H92NO9P/c1-3-5-7-9-11-13-15-17-19-21-22-23-24-26-28-30-32-34-36-38-45(48)56-43(41-54-57(51,52)55-42-44(47)46(49)50)40-53-39-37-35-33-31-29-27-25-20-18-16-14-12-10-8-6-4-2/h43-44H,3-42,47H2,1-2H3,(H,49,50)(H,51,52)/t43-,44+/m1/s1. The molecule has 0 aromatic heterocycles. The van der Waals surface area contributed by atoms with Crippen LogP contribution in [0.25, 0.3) is 0 Å². The van der Waals surface area contributed by atoms with Crippen molar-refractivity contribution >= 4 is 19.8 Å². The number of aliphatic carboxylic acids is 1. The molecule has 0 aliphatic carbocycles. The van der Waals surface area contributed by atoms with E-state index in [-0.39, 0.29) is 13.0 Å². The molecule has 0 saturated heterocycles. The third-order valence-electron chi connectivity index (χ3n) is 10.9. The van der Waals surface area contributed by atoms with Crippen molar-refractivity contribution in [2.24, 2.45) is 5.73 Å². The number of rotatable bonds is 47. The summed E-state index contributed by atoms with van der Waals surface area (Å²) in [5.74, 6) is -1.76. The number of hydrogen-bond donors (Lipinski definition) is 3. The molecule has 0 heterocycles. The molecule has 0 aliphatic rings. The molecule has 0 aliphatic heterocycles. The van der Waals surface area contributed by atoms with Gasteiger partial charge in [-0.2, -0.15) is 0 Å². The molecule has 0 bridgehead atoms. The van der Waals surface area contributed by atoms with Crippen LogP contribution in [0.4, 0.5) is 0 Å². The van der Waals surface area contributed by atoms with Crippen molar-refractivity contribution in [3.8, 4) is 0 Å². The summed E-state index contributed by atoms with van der Waals surface area (Å²) in [6.07, 6.45) is 44.4. The summed E-state index contributed by atoms with van der Waals surface area (Å²) in [7, 11) is -4.61. The zero-order valence-electron chi connectivity index (χ0n) is 37.2. The highest BCUT2D eigenvalue weighted by Gasteiger charge is 2.27. The van der Waals surface area contributed by atoms with E-state index in [2.05, 4.69) is 13.8 Å². The molecule has 0 aromatic carbocycles. The number of carbonyl (C=O) groups excluding carboxylic acids is 1. The first kappa shape index (κ1) is 56.0. The molecule has 0 spiro atoms. The Kier molecular flexibility index (Phi) is 42.3. The molecule has 10 nitrogen and oxygen atoms in total. The van der Waals surface area contributed by atoms with Crippen LogP contribution in [-0.4, -0.2) is 60.5 Å². The molecule has 57 heavy (non-hydrogen) atoms. The van der Waals surface area contributed by atoms with Crippen LogP contribution in [-0.2, 0) is 32.7 Å². The fraction of sp³-hybridized carbons (Fsp3) is 0.957. The Morgan fingerprint density at radius 3 is 1.16 bits per heavy atom. The molecule has 11 heteroatoms. The maximum absolute atomic E-state index is 12.7. The Bertz CT molecular complexity index is 924. The Balaban J connectivity index is 4.12. The third kappa shape index (κ3) is 42.9. The number of esters is 1. The van der Waals surface area contributed by atoms with Gasteiger partial charge in [0, 0.05) is 13.0 Å². The van der Waals surface area contributed by atoms with Gasteiger partial charge in [0.1, 0.15) is 12.1 Å². The van der Waals surface area contributed by atoms with E-state index in [1.165, 1.54) is 186 Å². The largest absolute Gasteiger partial charge is 0.480 e. The maximum atomic E-state index is 12.7. The Labute approximate surface area is 350 Å². The van der Waals surface area contributed by atoms with Crippen molar-refractivity contribution in [3.63, 3.8) is 0 Å². The van der Waals surface area contributed by atoms with Gasteiger partial charge in [0.05, 0.1) is 19.8 Å². The highest BCUT2D eigenvalue weighted by molar-refractivity contribution is 7.47. The Morgan fingerprint density at radius 2 is 0.807 bits per heavy atom. The van der Waals surface area contributed by atoms with Gasteiger partial charge in [0.25, 0.3) is 0 Å². The Hall–Kier alpha value is -1.03. The number of nitrogens with two attached hydrogens (primary N) is 1. The molecule has 4 N–H and O–H groups in total.